The van der Waals surface area contributed by atoms with E-state index < -0.39 is 0 Å². The van der Waals surface area contributed by atoms with Gasteiger partial charge in [-0.3, -0.25) is 4.79 Å². The summed E-state index contributed by atoms with van der Waals surface area (Å²) in [7, 11) is 3.61. The van der Waals surface area contributed by atoms with Crippen molar-refractivity contribution in [2.75, 3.05) is 50.6 Å². The Balaban J connectivity index is 1.47. The van der Waals surface area contributed by atoms with Crippen LogP contribution in [0.15, 0.2) is 66.7 Å². The Morgan fingerprint density at radius 1 is 0.850 bits per heavy atom. The van der Waals surface area contributed by atoms with Crippen LogP contribution in [0.25, 0.3) is 22.2 Å². The van der Waals surface area contributed by atoms with Crippen LogP contribution in [0.5, 0.6) is 5.88 Å². The normalized spacial score (nSPS) is 11.6. The van der Waals surface area contributed by atoms with E-state index in [-0.39, 0.29) is 11.3 Å². The molecule has 40 heavy (non-hydrogen) atoms. The molecule has 0 unspecified atom stereocenters. The lowest BCUT2D eigenvalue weighted by Gasteiger charge is -2.24. The van der Waals surface area contributed by atoms with E-state index in [0.717, 1.165) is 42.8 Å². The van der Waals surface area contributed by atoms with Gasteiger partial charge >= 0.3 is 0 Å². The highest BCUT2D eigenvalue weighted by Gasteiger charge is 2.16. The number of methoxy groups -OCH3 is 1. The van der Waals surface area contributed by atoms with Gasteiger partial charge in [-0.15, -0.1) is 0 Å². The molecule has 7 heteroatoms. The highest BCUT2D eigenvalue weighted by atomic mass is 16.5. The third kappa shape index (κ3) is 6.77. The van der Waals surface area contributed by atoms with Gasteiger partial charge < -0.3 is 19.9 Å². The van der Waals surface area contributed by atoms with Gasteiger partial charge in [0.05, 0.1) is 18.1 Å². The maximum absolute atomic E-state index is 13.0. The van der Waals surface area contributed by atoms with E-state index in [2.05, 4.69) is 74.0 Å². The third-order valence-electron chi connectivity index (χ3n) is 7.31. The van der Waals surface area contributed by atoms with Crippen LogP contribution in [0.1, 0.15) is 50.5 Å². The van der Waals surface area contributed by atoms with Crippen molar-refractivity contribution in [3.8, 4) is 17.0 Å². The van der Waals surface area contributed by atoms with Crippen molar-refractivity contribution in [3.63, 3.8) is 0 Å². The maximum Gasteiger partial charge on any atom is 0.257 e. The number of likely N-dealkylation sites (N-methyl/N-ethyl adjacent to an activating group) is 2. The fraction of sp³-hybridized carbons (Fsp3) is 0.364. The van der Waals surface area contributed by atoms with Crippen molar-refractivity contribution >= 4 is 28.4 Å². The van der Waals surface area contributed by atoms with Gasteiger partial charge in [-0.25, -0.2) is 9.97 Å². The van der Waals surface area contributed by atoms with Crippen LogP contribution in [0.4, 0.5) is 11.5 Å². The molecule has 0 aliphatic rings. The zero-order chi connectivity index (χ0) is 28.9. The van der Waals surface area contributed by atoms with E-state index in [1.807, 2.05) is 49.5 Å². The van der Waals surface area contributed by atoms with E-state index in [9.17, 15) is 4.79 Å². The Kier molecular flexibility index (Phi) is 9.05. The Morgan fingerprint density at radius 3 is 2.05 bits per heavy atom. The minimum atomic E-state index is -0.179. The molecule has 1 aromatic heterocycles. The first-order valence-corrected chi connectivity index (χ1v) is 13.9. The minimum Gasteiger partial charge on any atom is -0.478 e. The Labute approximate surface area is 238 Å². The molecular weight excluding hydrogens is 498 g/mol. The fourth-order valence-electron chi connectivity index (χ4n) is 4.61. The fourth-order valence-corrected chi connectivity index (χ4v) is 4.61. The van der Waals surface area contributed by atoms with Crippen LogP contribution in [0.3, 0.4) is 0 Å². The summed E-state index contributed by atoms with van der Waals surface area (Å²) in [4.78, 5) is 27.0. The van der Waals surface area contributed by atoms with Crippen molar-refractivity contribution in [1.82, 2.24) is 14.9 Å². The van der Waals surface area contributed by atoms with Crippen molar-refractivity contribution in [2.24, 2.45) is 0 Å². The van der Waals surface area contributed by atoms with Crippen LogP contribution >= 0.6 is 0 Å². The lowest BCUT2D eigenvalue weighted by molar-refractivity contribution is 0.102. The molecule has 7 nitrogen and oxygen atoms in total. The first-order valence-electron chi connectivity index (χ1n) is 13.9. The number of aromatic nitrogens is 2. The molecule has 1 amide bonds. The number of amides is 1. The highest BCUT2D eigenvalue weighted by molar-refractivity contribution is 6.05. The molecule has 0 aliphatic heterocycles. The molecule has 1 N–H and O–H groups in total. The predicted octanol–water partition coefficient (Wildman–Crippen LogP) is 6.63. The van der Waals surface area contributed by atoms with Gasteiger partial charge in [-0.1, -0.05) is 71.0 Å². The molecule has 4 aromatic rings. The number of benzene rings is 3. The number of hydrogen-bond donors (Lipinski definition) is 1. The summed E-state index contributed by atoms with van der Waals surface area (Å²) >= 11 is 0. The Hall–Kier alpha value is -3.97. The second-order valence-electron chi connectivity index (χ2n) is 11.1. The van der Waals surface area contributed by atoms with Crippen LogP contribution in [-0.4, -0.2) is 61.1 Å². The van der Waals surface area contributed by atoms with Crippen molar-refractivity contribution < 1.29 is 9.53 Å². The van der Waals surface area contributed by atoms with Crippen LogP contribution in [-0.2, 0) is 5.41 Å². The van der Waals surface area contributed by atoms with E-state index >= 15 is 0 Å². The number of carbonyl (C=O) groups is 1. The molecule has 0 saturated carbocycles. The number of rotatable bonds is 10. The van der Waals surface area contributed by atoms with Crippen LogP contribution in [0, 0.1) is 0 Å². The molecule has 1 heterocycles. The third-order valence-corrected chi connectivity index (χ3v) is 7.31. The van der Waals surface area contributed by atoms with E-state index in [0.29, 0.717) is 28.5 Å². The van der Waals surface area contributed by atoms with E-state index in [4.69, 9.17) is 14.7 Å². The summed E-state index contributed by atoms with van der Waals surface area (Å²) < 4.78 is 5.58. The monoisotopic (exact) mass is 539 g/mol. The summed E-state index contributed by atoms with van der Waals surface area (Å²) in [6, 6.07) is 21.8. The lowest BCUT2D eigenvalue weighted by Crippen LogP contribution is -2.33. The van der Waals surface area contributed by atoms with Crippen LogP contribution in [0.2, 0.25) is 0 Å². The average molecular weight is 540 g/mol. The average Bonchev–Trinajstić information content (AvgIpc) is 2.96. The number of carbonyl (C=O) groups excluding carboxylic acids is 1. The van der Waals surface area contributed by atoms with Gasteiger partial charge in [0.15, 0.2) is 5.82 Å². The van der Waals surface area contributed by atoms with Gasteiger partial charge in [-0.05, 0) is 65.5 Å². The standard InChI is InChI=1S/C33H41N5O2/c1-8-38(9-2)21-20-37(6)30-32(40-7)36-29-22-27(18-19-28(29)35-30)34-31(39)25-12-10-23(11-13-25)24-14-16-26(17-15-24)33(3,4)5/h10-19,22H,8-9,20-21H2,1-7H3,(H,34,39). The first-order chi connectivity index (χ1) is 19.1. The van der Waals surface area contributed by atoms with Gasteiger partial charge in [0, 0.05) is 31.4 Å². The Morgan fingerprint density at radius 2 is 1.48 bits per heavy atom. The zero-order valence-electron chi connectivity index (χ0n) is 24.8. The zero-order valence-corrected chi connectivity index (χ0v) is 24.8. The molecule has 210 valence electrons. The minimum absolute atomic E-state index is 0.115. The summed E-state index contributed by atoms with van der Waals surface area (Å²) in [5, 5.41) is 2.99. The quantitative estimate of drug-likeness (QED) is 0.244. The number of nitrogens with zero attached hydrogens (tertiary/aromatic N) is 4. The molecule has 0 atom stereocenters. The van der Waals surface area contributed by atoms with Crippen molar-refractivity contribution in [3.05, 3.63) is 77.9 Å². The predicted molar refractivity (Wildman–Crippen MR) is 166 cm³/mol. The highest BCUT2D eigenvalue weighted by Crippen LogP contribution is 2.29. The van der Waals surface area contributed by atoms with Gasteiger partial charge in [-0.2, -0.15) is 0 Å². The SMILES string of the molecule is CCN(CC)CCN(C)c1nc2ccc(NC(=O)c3ccc(-c4ccc(C(C)(C)C)cc4)cc3)cc2nc1OC. The molecule has 0 spiro atoms. The molecule has 4 rings (SSSR count). The van der Waals surface area contributed by atoms with Crippen molar-refractivity contribution in [2.45, 2.75) is 40.0 Å². The molecule has 0 aliphatic carbocycles. The van der Waals surface area contributed by atoms with Gasteiger partial charge in [0.25, 0.3) is 11.8 Å². The molecule has 0 bridgehead atoms. The lowest BCUT2D eigenvalue weighted by atomic mass is 9.86. The number of ether oxygens (including phenoxy) is 1. The Bertz CT molecular complexity index is 1440. The molecule has 0 radical (unpaired) electrons. The second-order valence-corrected chi connectivity index (χ2v) is 11.1. The number of anilines is 2. The summed E-state index contributed by atoms with van der Waals surface area (Å²) in [6.45, 7) is 14.7. The van der Waals surface area contributed by atoms with Gasteiger partial charge in [0.1, 0.15) is 0 Å². The van der Waals surface area contributed by atoms with Crippen LogP contribution < -0.4 is 15.0 Å². The van der Waals surface area contributed by atoms with Gasteiger partial charge in [0.2, 0.25) is 0 Å². The molecule has 0 fully saturated rings. The van der Waals surface area contributed by atoms with E-state index in [1.165, 1.54) is 5.56 Å². The smallest absolute Gasteiger partial charge is 0.257 e. The summed E-state index contributed by atoms with van der Waals surface area (Å²) in [5.41, 5.74) is 6.24. The largest absolute Gasteiger partial charge is 0.478 e. The second kappa shape index (κ2) is 12.5. The first kappa shape index (κ1) is 29.0. The molecular formula is C33H41N5O2. The number of nitrogens with one attached hydrogen (secondary N) is 1. The molecule has 3 aromatic carbocycles. The van der Waals surface area contributed by atoms with Crippen molar-refractivity contribution in [1.29, 1.82) is 0 Å². The number of hydrogen-bond acceptors (Lipinski definition) is 6. The summed E-state index contributed by atoms with van der Waals surface area (Å²) in [6.07, 6.45) is 0. The maximum atomic E-state index is 13.0. The summed E-state index contributed by atoms with van der Waals surface area (Å²) in [5.74, 6) is 0.984. The topological polar surface area (TPSA) is 70.6 Å². The van der Waals surface area contributed by atoms with E-state index in [1.54, 1.807) is 7.11 Å². The molecule has 0 saturated heterocycles. The number of fused-ring (bicyclic) bond motifs is 1.